The number of ketones is 1. The summed E-state index contributed by atoms with van der Waals surface area (Å²) >= 11 is 0. The van der Waals surface area contributed by atoms with Gasteiger partial charge in [-0.05, 0) is 12.1 Å². The van der Waals surface area contributed by atoms with E-state index in [1.807, 2.05) is 0 Å². The normalized spacial score (nSPS) is 10.0. The van der Waals surface area contributed by atoms with Crippen LogP contribution in [-0.2, 0) is 0 Å². The van der Waals surface area contributed by atoms with Gasteiger partial charge in [0.25, 0.3) is 5.91 Å². The van der Waals surface area contributed by atoms with Crippen molar-refractivity contribution in [1.82, 2.24) is 5.32 Å². The van der Waals surface area contributed by atoms with Crippen molar-refractivity contribution in [3.8, 4) is 5.75 Å². The summed E-state index contributed by atoms with van der Waals surface area (Å²) in [6.45, 7) is -0.186. The Bertz CT molecular complexity index is 656. The number of ether oxygens (including phenoxy) is 1. The molecule has 2 rings (SSSR count). The van der Waals surface area contributed by atoms with Crippen molar-refractivity contribution >= 4 is 11.7 Å². The summed E-state index contributed by atoms with van der Waals surface area (Å²) in [5, 5.41) is 2.41. The third-order valence-electron chi connectivity index (χ3n) is 2.93. The Balaban J connectivity index is 2.01. The molecule has 0 aliphatic rings. The number of carbonyl (C=O) groups is 2. The fourth-order valence-corrected chi connectivity index (χ4v) is 1.79. The highest BCUT2D eigenvalue weighted by Crippen LogP contribution is 2.16. The third kappa shape index (κ3) is 3.66. The minimum absolute atomic E-state index is 0.128. The molecule has 0 unspecified atom stereocenters. The molecule has 0 aliphatic carbocycles. The first-order valence-corrected chi connectivity index (χ1v) is 6.32. The fraction of sp³-hybridized carbons (Fsp3) is 0.125. The fourth-order valence-electron chi connectivity index (χ4n) is 1.79. The summed E-state index contributed by atoms with van der Waals surface area (Å²) in [5.74, 6) is -1.25. The van der Waals surface area contributed by atoms with Gasteiger partial charge in [-0.25, -0.2) is 4.39 Å². The molecule has 0 radical (unpaired) electrons. The first-order chi connectivity index (χ1) is 10.1. The van der Waals surface area contributed by atoms with Gasteiger partial charge in [-0.1, -0.05) is 30.3 Å². The summed E-state index contributed by atoms with van der Waals surface area (Å²) < 4.78 is 18.6. The van der Waals surface area contributed by atoms with Crippen molar-refractivity contribution in [1.29, 1.82) is 0 Å². The van der Waals surface area contributed by atoms with Crippen LogP contribution in [-0.4, -0.2) is 25.3 Å². The molecule has 21 heavy (non-hydrogen) atoms. The molecule has 4 nitrogen and oxygen atoms in total. The number of halogens is 1. The Morgan fingerprint density at radius 1 is 1.14 bits per heavy atom. The van der Waals surface area contributed by atoms with E-state index in [9.17, 15) is 14.0 Å². The predicted octanol–water partition coefficient (Wildman–Crippen LogP) is 2.45. The van der Waals surface area contributed by atoms with Gasteiger partial charge in [-0.3, -0.25) is 9.59 Å². The number of rotatable bonds is 5. The van der Waals surface area contributed by atoms with Crippen LogP contribution in [0.5, 0.6) is 5.75 Å². The van der Waals surface area contributed by atoms with Gasteiger partial charge < -0.3 is 10.1 Å². The van der Waals surface area contributed by atoms with E-state index in [0.717, 1.165) is 6.07 Å². The second-order valence-electron chi connectivity index (χ2n) is 4.32. The zero-order chi connectivity index (χ0) is 15.2. The molecule has 2 aromatic rings. The molecular weight excluding hydrogens is 273 g/mol. The van der Waals surface area contributed by atoms with Gasteiger partial charge in [0.1, 0.15) is 11.6 Å². The first kappa shape index (κ1) is 14.7. The van der Waals surface area contributed by atoms with Crippen LogP contribution in [0.3, 0.4) is 0 Å². The van der Waals surface area contributed by atoms with E-state index in [1.54, 1.807) is 30.3 Å². The van der Waals surface area contributed by atoms with Crippen molar-refractivity contribution in [2.45, 2.75) is 0 Å². The molecule has 0 atom stereocenters. The lowest BCUT2D eigenvalue weighted by atomic mass is 10.1. The smallest absolute Gasteiger partial charge is 0.254 e. The van der Waals surface area contributed by atoms with Crippen molar-refractivity contribution in [2.75, 3.05) is 13.7 Å². The number of Topliss-reactive ketones (excluding diaryl/α,β-unsaturated/α-hetero) is 1. The Kier molecular flexibility index (Phi) is 4.66. The van der Waals surface area contributed by atoms with Crippen LogP contribution in [0.4, 0.5) is 4.39 Å². The Labute approximate surface area is 121 Å². The summed E-state index contributed by atoms with van der Waals surface area (Å²) in [4.78, 5) is 23.7. The molecule has 0 saturated carbocycles. The van der Waals surface area contributed by atoms with Crippen LogP contribution in [0.25, 0.3) is 0 Å². The summed E-state index contributed by atoms with van der Waals surface area (Å²) in [6.07, 6.45) is 0. The third-order valence-corrected chi connectivity index (χ3v) is 2.93. The highest BCUT2D eigenvalue weighted by Gasteiger charge is 2.14. The van der Waals surface area contributed by atoms with Crippen LogP contribution >= 0.6 is 0 Å². The minimum atomic E-state index is -0.695. The van der Waals surface area contributed by atoms with E-state index in [2.05, 4.69) is 5.32 Å². The number of hydrogen-bond donors (Lipinski definition) is 1. The van der Waals surface area contributed by atoms with E-state index in [-0.39, 0.29) is 17.9 Å². The number of carbonyl (C=O) groups excluding carboxylic acids is 2. The molecule has 5 heteroatoms. The summed E-state index contributed by atoms with van der Waals surface area (Å²) in [6, 6.07) is 12.5. The van der Waals surface area contributed by atoms with Crippen molar-refractivity contribution < 1.29 is 18.7 Å². The van der Waals surface area contributed by atoms with Crippen LogP contribution in [0.2, 0.25) is 0 Å². The van der Waals surface area contributed by atoms with Gasteiger partial charge in [0.05, 0.1) is 19.2 Å². The molecule has 0 saturated heterocycles. The average Bonchev–Trinajstić information content (AvgIpc) is 2.52. The molecule has 0 fully saturated rings. The monoisotopic (exact) mass is 287 g/mol. The van der Waals surface area contributed by atoms with Crippen LogP contribution < -0.4 is 10.1 Å². The number of amides is 1. The molecule has 0 spiro atoms. The predicted molar refractivity (Wildman–Crippen MR) is 76.1 cm³/mol. The quantitative estimate of drug-likeness (QED) is 0.859. The average molecular weight is 287 g/mol. The molecular formula is C16H14FNO3. The van der Waals surface area contributed by atoms with Gasteiger partial charge in [-0.15, -0.1) is 0 Å². The second-order valence-corrected chi connectivity index (χ2v) is 4.32. The standard InChI is InChI=1S/C16H14FNO3/c1-21-12-7-8-13(14(17)9-12)16(20)18-10-15(19)11-5-3-2-4-6-11/h2-9H,10H2,1H3,(H,18,20). The highest BCUT2D eigenvalue weighted by molar-refractivity contribution is 6.02. The van der Waals surface area contributed by atoms with Crippen LogP contribution in [0.1, 0.15) is 20.7 Å². The topological polar surface area (TPSA) is 55.4 Å². The lowest BCUT2D eigenvalue weighted by Crippen LogP contribution is -2.30. The number of methoxy groups -OCH3 is 1. The van der Waals surface area contributed by atoms with E-state index in [1.165, 1.54) is 19.2 Å². The molecule has 0 aromatic heterocycles. The molecule has 1 N–H and O–H groups in total. The lowest BCUT2D eigenvalue weighted by molar-refractivity contribution is 0.0901. The van der Waals surface area contributed by atoms with E-state index < -0.39 is 11.7 Å². The Hall–Kier alpha value is -2.69. The van der Waals surface area contributed by atoms with Gasteiger partial charge >= 0.3 is 0 Å². The lowest BCUT2D eigenvalue weighted by Gasteiger charge is -2.07. The first-order valence-electron chi connectivity index (χ1n) is 6.32. The zero-order valence-corrected chi connectivity index (χ0v) is 11.4. The largest absolute Gasteiger partial charge is 0.497 e. The van der Waals surface area contributed by atoms with E-state index in [4.69, 9.17) is 4.74 Å². The Morgan fingerprint density at radius 2 is 1.86 bits per heavy atom. The van der Waals surface area contributed by atoms with Gasteiger partial charge in [0.2, 0.25) is 0 Å². The molecule has 1 amide bonds. The molecule has 108 valence electrons. The van der Waals surface area contributed by atoms with Gasteiger partial charge in [0, 0.05) is 11.6 Å². The molecule has 0 heterocycles. The van der Waals surface area contributed by atoms with E-state index >= 15 is 0 Å². The summed E-state index contributed by atoms with van der Waals surface area (Å²) in [5.41, 5.74) is 0.365. The van der Waals surface area contributed by atoms with E-state index in [0.29, 0.717) is 11.3 Å². The van der Waals surface area contributed by atoms with Gasteiger partial charge in [0.15, 0.2) is 5.78 Å². The minimum Gasteiger partial charge on any atom is -0.497 e. The second kappa shape index (κ2) is 6.65. The molecule has 2 aromatic carbocycles. The van der Waals surface area contributed by atoms with Gasteiger partial charge in [-0.2, -0.15) is 0 Å². The maximum Gasteiger partial charge on any atom is 0.254 e. The van der Waals surface area contributed by atoms with Crippen molar-refractivity contribution in [3.63, 3.8) is 0 Å². The maximum atomic E-state index is 13.7. The SMILES string of the molecule is COc1ccc(C(=O)NCC(=O)c2ccccc2)c(F)c1. The number of benzene rings is 2. The molecule has 0 aliphatic heterocycles. The van der Waals surface area contributed by atoms with Crippen molar-refractivity contribution in [3.05, 3.63) is 65.5 Å². The summed E-state index contributed by atoms with van der Waals surface area (Å²) in [7, 11) is 1.41. The van der Waals surface area contributed by atoms with Crippen molar-refractivity contribution in [2.24, 2.45) is 0 Å². The number of nitrogens with one attached hydrogen (secondary N) is 1. The van der Waals surface area contributed by atoms with Crippen LogP contribution in [0, 0.1) is 5.82 Å². The Morgan fingerprint density at radius 3 is 2.48 bits per heavy atom. The highest BCUT2D eigenvalue weighted by atomic mass is 19.1. The zero-order valence-electron chi connectivity index (χ0n) is 11.4. The van der Waals surface area contributed by atoms with Crippen LogP contribution in [0.15, 0.2) is 48.5 Å². The number of hydrogen-bond acceptors (Lipinski definition) is 3. The maximum absolute atomic E-state index is 13.7. The molecule has 0 bridgehead atoms.